The van der Waals surface area contributed by atoms with E-state index < -0.39 is 5.82 Å². The highest BCUT2D eigenvalue weighted by atomic mass is 35.5. The van der Waals surface area contributed by atoms with Crippen LogP contribution in [0.5, 0.6) is 5.88 Å². The fourth-order valence-corrected chi connectivity index (χ4v) is 2.53. The molecule has 3 rings (SSSR count). The van der Waals surface area contributed by atoms with Crippen molar-refractivity contribution in [2.45, 2.75) is 6.42 Å². The molecule has 4 nitrogen and oxygen atoms in total. The van der Waals surface area contributed by atoms with Gasteiger partial charge in [-0.2, -0.15) is 0 Å². The summed E-state index contributed by atoms with van der Waals surface area (Å²) in [6.45, 7) is 0. The van der Waals surface area contributed by atoms with Crippen LogP contribution in [-0.4, -0.2) is 17.1 Å². The van der Waals surface area contributed by atoms with Crippen molar-refractivity contribution in [2.24, 2.45) is 0 Å². The molecular formula is C18H14ClFN2O2. The first-order valence-corrected chi connectivity index (χ1v) is 7.60. The van der Waals surface area contributed by atoms with E-state index in [0.29, 0.717) is 22.0 Å². The Kier molecular flexibility index (Phi) is 4.62. The predicted octanol–water partition coefficient (Wildman–Crippen LogP) is 3.83. The Labute approximate surface area is 142 Å². The molecule has 0 saturated carbocycles. The Morgan fingerprint density at radius 2 is 2.00 bits per heavy atom. The van der Waals surface area contributed by atoms with Crippen LogP contribution in [0.25, 0.3) is 11.1 Å². The van der Waals surface area contributed by atoms with Crippen LogP contribution in [0.1, 0.15) is 11.1 Å². The summed E-state index contributed by atoms with van der Waals surface area (Å²) in [4.78, 5) is 18.9. The smallest absolute Gasteiger partial charge is 0.251 e. The lowest BCUT2D eigenvalue weighted by Crippen LogP contribution is -2.13. The van der Waals surface area contributed by atoms with E-state index in [9.17, 15) is 9.18 Å². The minimum Gasteiger partial charge on any atom is -0.481 e. The Morgan fingerprint density at radius 3 is 2.67 bits per heavy atom. The number of aromatic amines is 1. The number of benzene rings is 1. The Morgan fingerprint density at radius 1 is 1.17 bits per heavy atom. The SMILES string of the molecule is COc1ccc(-c2c[nH]c(=O)c(Cc3ccc(Cl)cc3F)c2)cn1. The third-order valence-electron chi connectivity index (χ3n) is 3.65. The van der Waals surface area contributed by atoms with Crippen molar-refractivity contribution >= 4 is 11.6 Å². The first-order chi connectivity index (χ1) is 11.6. The summed E-state index contributed by atoms with van der Waals surface area (Å²) in [5.41, 5.74) is 2.23. The van der Waals surface area contributed by atoms with E-state index >= 15 is 0 Å². The number of H-pyrrole nitrogens is 1. The molecule has 0 spiro atoms. The summed E-state index contributed by atoms with van der Waals surface area (Å²) in [6.07, 6.45) is 3.43. The van der Waals surface area contributed by atoms with Crippen LogP contribution in [0, 0.1) is 5.82 Å². The van der Waals surface area contributed by atoms with Crippen molar-refractivity contribution in [2.75, 3.05) is 7.11 Å². The number of halogens is 2. The normalized spacial score (nSPS) is 10.6. The molecule has 6 heteroatoms. The molecule has 0 saturated heterocycles. The first kappa shape index (κ1) is 16.2. The largest absolute Gasteiger partial charge is 0.481 e. The van der Waals surface area contributed by atoms with E-state index in [2.05, 4.69) is 9.97 Å². The summed E-state index contributed by atoms with van der Waals surface area (Å²) < 4.78 is 19.0. The average Bonchev–Trinajstić information content (AvgIpc) is 2.59. The van der Waals surface area contributed by atoms with Gasteiger partial charge in [0.1, 0.15) is 5.82 Å². The molecule has 1 aromatic carbocycles. The van der Waals surface area contributed by atoms with E-state index in [1.54, 1.807) is 43.8 Å². The molecule has 1 N–H and O–H groups in total. The lowest BCUT2D eigenvalue weighted by atomic mass is 10.0. The zero-order chi connectivity index (χ0) is 17.1. The zero-order valence-corrected chi connectivity index (χ0v) is 13.6. The fraction of sp³-hybridized carbons (Fsp3) is 0.111. The highest BCUT2D eigenvalue weighted by molar-refractivity contribution is 6.30. The Balaban J connectivity index is 1.95. The quantitative estimate of drug-likeness (QED) is 0.782. The summed E-state index contributed by atoms with van der Waals surface area (Å²) in [6, 6.07) is 9.73. The maximum Gasteiger partial charge on any atom is 0.251 e. The van der Waals surface area contributed by atoms with Crippen molar-refractivity contribution in [1.82, 2.24) is 9.97 Å². The standard InChI is InChI=1S/C18H14ClFN2O2/c1-24-17-5-3-12(9-21-17)14-7-13(18(23)22-10-14)6-11-2-4-15(19)8-16(11)20/h2-5,7-10H,6H2,1H3,(H,22,23). The molecule has 2 aromatic heterocycles. The molecule has 0 radical (unpaired) electrons. The Bertz CT molecular complexity index is 923. The van der Waals surface area contributed by atoms with Crippen molar-refractivity contribution in [3.8, 4) is 17.0 Å². The number of ether oxygens (including phenoxy) is 1. The third-order valence-corrected chi connectivity index (χ3v) is 3.89. The highest BCUT2D eigenvalue weighted by Gasteiger charge is 2.09. The lowest BCUT2D eigenvalue weighted by Gasteiger charge is -2.07. The number of aromatic nitrogens is 2. The van der Waals surface area contributed by atoms with Gasteiger partial charge >= 0.3 is 0 Å². The second kappa shape index (κ2) is 6.84. The van der Waals surface area contributed by atoms with Crippen LogP contribution in [0.3, 0.4) is 0 Å². The molecule has 24 heavy (non-hydrogen) atoms. The molecule has 122 valence electrons. The van der Waals surface area contributed by atoms with Crippen molar-refractivity contribution in [1.29, 1.82) is 0 Å². The van der Waals surface area contributed by atoms with Gasteiger partial charge in [-0.25, -0.2) is 9.37 Å². The summed E-state index contributed by atoms with van der Waals surface area (Å²) >= 11 is 5.76. The van der Waals surface area contributed by atoms with Gasteiger partial charge in [-0.05, 0) is 35.4 Å². The predicted molar refractivity (Wildman–Crippen MR) is 91.1 cm³/mol. The Hall–Kier alpha value is -2.66. The molecule has 0 atom stereocenters. The van der Waals surface area contributed by atoms with E-state index in [0.717, 1.165) is 11.1 Å². The zero-order valence-electron chi connectivity index (χ0n) is 12.8. The van der Waals surface area contributed by atoms with E-state index in [4.69, 9.17) is 16.3 Å². The molecular weight excluding hydrogens is 331 g/mol. The van der Waals surface area contributed by atoms with Gasteiger partial charge in [-0.3, -0.25) is 4.79 Å². The van der Waals surface area contributed by atoms with Crippen LogP contribution in [0.4, 0.5) is 4.39 Å². The van der Waals surface area contributed by atoms with Gasteiger partial charge in [0.25, 0.3) is 5.56 Å². The van der Waals surface area contributed by atoms with Crippen molar-refractivity contribution < 1.29 is 9.13 Å². The van der Waals surface area contributed by atoms with Gasteiger partial charge in [-0.15, -0.1) is 0 Å². The summed E-state index contributed by atoms with van der Waals surface area (Å²) in [5.74, 6) is 0.0741. The second-order valence-electron chi connectivity index (χ2n) is 5.24. The molecule has 0 fully saturated rings. The molecule has 0 aliphatic heterocycles. The van der Waals surface area contributed by atoms with E-state index in [1.807, 2.05) is 6.07 Å². The van der Waals surface area contributed by atoms with Crippen LogP contribution in [0.15, 0.2) is 53.6 Å². The minimum atomic E-state index is -0.432. The fourth-order valence-electron chi connectivity index (χ4n) is 2.37. The number of rotatable bonds is 4. The average molecular weight is 345 g/mol. The van der Waals surface area contributed by atoms with Gasteiger partial charge in [0, 0.05) is 41.0 Å². The molecule has 3 aromatic rings. The summed E-state index contributed by atoms with van der Waals surface area (Å²) in [7, 11) is 1.54. The number of methoxy groups -OCH3 is 1. The van der Waals surface area contributed by atoms with Crippen LogP contribution in [0.2, 0.25) is 5.02 Å². The molecule has 0 aliphatic rings. The number of hydrogen-bond donors (Lipinski definition) is 1. The summed E-state index contributed by atoms with van der Waals surface area (Å²) in [5, 5.41) is 0.322. The maximum absolute atomic E-state index is 14.0. The topological polar surface area (TPSA) is 55.0 Å². The van der Waals surface area contributed by atoms with Crippen LogP contribution in [-0.2, 0) is 6.42 Å². The monoisotopic (exact) mass is 344 g/mol. The number of hydrogen-bond acceptors (Lipinski definition) is 3. The number of nitrogens with zero attached hydrogens (tertiary/aromatic N) is 1. The van der Waals surface area contributed by atoms with Crippen molar-refractivity contribution in [3.63, 3.8) is 0 Å². The highest BCUT2D eigenvalue weighted by Crippen LogP contribution is 2.21. The third kappa shape index (κ3) is 3.46. The molecule has 0 bridgehead atoms. The van der Waals surface area contributed by atoms with Gasteiger partial charge in [0.05, 0.1) is 7.11 Å². The molecule has 0 amide bonds. The van der Waals surface area contributed by atoms with E-state index in [1.165, 1.54) is 6.07 Å². The van der Waals surface area contributed by atoms with Gasteiger partial charge in [0.15, 0.2) is 0 Å². The van der Waals surface area contributed by atoms with Crippen molar-refractivity contribution in [3.05, 3.63) is 81.1 Å². The maximum atomic E-state index is 14.0. The lowest BCUT2D eigenvalue weighted by molar-refractivity contribution is 0.398. The van der Waals surface area contributed by atoms with Crippen LogP contribution < -0.4 is 10.3 Å². The van der Waals surface area contributed by atoms with Gasteiger partial charge in [-0.1, -0.05) is 17.7 Å². The molecule has 0 aliphatic carbocycles. The molecule has 2 heterocycles. The number of pyridine rings is 2. The van der Waals surface area contributed by atoms with Crippen LogP contribution >= 0.6 is 11.6 Å². The van der Waals surface area contributed by atoms with E-state index in [-0.39, 0.29) is 12.0 Å². The first-order valence-electron chi connectivity index (χ1n) is 7.23. The van der Waals surface area contributed by atoms with Gasteiger partial charge in [0.2, 0.25) is 5.88 Å². The minimum absolute atomic E-state index is 0.176. The number of nitrogens with one attached hydrogen (secondary N) is 1. The second-order valence-corrected chi connectivity index (χ2v) is 5.68. The van der Waals surface area contributed by atoms with Gasteiger partial charge < -0.3 is 9.72 Å². The molecule has 0 unspecified atom stereocenters.